The van der Waals surface area contributed by atoms with E-state index in [9.17, 15) is 20.0 Å². The summed E-state index contributed by atoms with van der Waals surface area (Å²) in [5.41, 5.74) is -0.923. The van der Waals surface area contributed by atoms with Crippen molar-refractivity contribution >= 4 is 11.9 Å². The average Bonchev–Trinajstić information content (AvgIpc) is 3.10. The van der Waals surface area contributed by atoms with Gasteiger partial charge in [-0.3, -0.25) is 9.59 Å². The van der Waals surface area contributed by atoms with Crippen LogP contribution in [0, 0.1) is 22.7 Å². The van der Waals surface area contributed by atoms with Crippen LogP contribution in [0.1, 0.15) is 18.4 Å². The third kappa shape index (κ3) is 1.85. The Morgan fingerprint density at radius 2 is 2.05 bits per heavy atom. The summed E-state index contributed by atoms with van der Waals surface area (Å²) in [6.45, 7) is 1.74. The molecule has 0 spiro atoms. The number of aliphatic carboxylic acids is 1. The molecule has 1 saturated carbocycles. The lowest BCUT2D eigenvalue weighted by Gasteiger charge is -2.07. The Bertz CT molecular complexity index is 548. The normalized spacial score (nSPS) is 28.2. The molecule has 0 aromatic heterocycles. The molecule has 0 radical (unpaired) electrons. The molecule has 0 unspecified atom stereocenters. The Hall–Kier alpha value is -2.35. The predicted molar refractivity (Wildman–Crippen MR) is 65.0 cm³/mol. The zero-order chi connectivity index (χ0) is 14.0. The van der Waals surface area contributed by atoms with Gasteiger partial charge in [0, 0.05) is 5.92 Å². The summed E-state index contributed by atoms with van der Waals surface area (Å²) in [4.78, 5) is 23.2. The zero-order valence-corrected chi connectivity index (χ0v) is 10.4. The van der Waals surface area contributed by atoms with Gasteiger partial charge in [0.1, 0.15) is 0 Å². The van der Waals surface area contributed by atoms with Crippen LogP contribution in [0.5, 0.6) is 0 Å². The lowest BCUT2D eigenvalue weighted by atomic mass is 10.0. The van der Waals surface area contributed by atoms with E-state index in [4.69, 9.17) is 4.74 Å². The second kappa shape index (κ2) is 4.73. The summed E-state index contributed by atoms with van der Waals surface area (Å²) in [5.74, 6) is -3.59. The van der Waals surface area contributed by atoms with Gasteiger partial charge in [-0.1, -0.05) is 30.3 Å². The van der Waals surface area contributed by atoms with Crippen molar-refractivity contribution in [3.05, 3.63) is 35.9 Å². The van der Waals surface area contributed by atoms with Gasteiger partial charge in [0.2, 0.25) is 0 Å². The lowest BCUT2D eigenvalue weighted by molar-refractivity contribution is -0.151. The first-order chi connectivity index (χ1) is 9.09. The number of ether oxygens (including phenoxy) is 1. The molecule has 0 aliphatic heterocycles. The Labute approximate surface area is 110 Å². The van der Waals surface area contributed by atoms with Crippen molar-refractivity contribution < 1.29 is 19.4 Å². The van der Waals surface area contributed by atoms with Crippen molar-refractivity contribution in [2.45, 2.75) is 12.8 Å². The lowest BCUT2D eigenvalue weighted by Crippen LogP contribution is -2.22. The van der Waals surface area contributed by atoms with E-state index in [-0.39, 0.29) is 6.61 Å². The molecule has 0 heterocycles. The summed E-state index contributed by atoms with van der Waals surface area (Å²) < 4.78 is 4.87. The molecule has 0 amide bonds. The Morgan fingerprint density at radius 1 is 1.42 bits per heavy atom. The van der Waals surface area contributed by atoms with Crippen LogP contribution >= 0.6 is 0 Å². The van der Waals surface area contributed by atoms with Crippen LogP contribution in [-0.2, 0) is 14.3 Å². The maximum Gasteiger partial charge on any atom is 0.328 e. The minimum absolute atomic E-state index is 0.121. The summed E-state index contributed by atoms with van der Waals surface area (Å²) in [5, 5.41) is 18.5. The van der Waals surface area contributed by atoms with Gasteiger partial charge in [-0.25, -0.2) is 0 Å². The molecular formula is C14H13NO4. The van der Waals surface area contributed by atoms with E-state index in [1.165, 1.54) is 0 Å². The van der Waals surface area contributed by atoms with Gasteiger partial charge >= 0.3 is 11.9 Å². The number of nitrogens with zero attached hydrogens (tertiary/aromatic N) is 1. The molecule has 5 heteroatoms. The second-order valence-corrected chi connectivity index (χ2v) is 4.41. The predicted octanol–water partition coefficient (Wildman–Crippen LogP) is 1.56. The van der Waals surface area contributed by atoms with Crippen LogP contribution in [0.25, 0.3) is 0 Å². The highest BCUT2D eigenvalue weighted by Crippen LogP contribution is 2.65. The standard InChI is InChI=1S/C14H13NO4/c1-2-19-13(18)14(8-15)10(11(14)12(16)17)9-6-4-3-5-7-9/h3-7,10-11H,2H2,1H3,(H,16,17)/t10-,11+,14+/m1/s1. The fourth-order valence-corrected chi connectivity index (χ4v) is 2.53. The quantitative estimate of drug-likeness (QED) is 0.829. The second-order valence-electron chi connectivity index (χ2n) is 4.41. The number of benzene rings is 1. The van der Waals surface area contributed by atoms with Crippen LogP contribution < -0.4 is 0 Å². The number of carboxylic acids is 1. The number of carbonyl (C=O) groups is 2. The molecule has 1 aliphatic carbocycles. The van der Waals surface area contributed by atoms with Gasteiger partial charge in [0.25, 0.3) is 0 Å². The Morgan fingerprint density at radius 3 is 2.53 bits per heavy atom. The van der Waals surface area contributed by atoms with Gasteiger partial charge in [-0.05, 0) is 12.5 Å². The van der Waals surface area contributed by atoms with E-state index in [0.717, 1.165) is 0 Å². The molecule has 1 aromatic carbocycles. The number of carbonyl (C=O) groups excluding carboxylic acids is 1. The summed E-state index contributed by atoms with van der Waals surface area (Å²) in [6, 6.07) is 10.6. The van der Waals surface area contributed by atoms with E-state index in [0.29, 0.717) is 5.56 Å². The number of nitriles is 1. The molecule has 1 N–H and O–H groups in total. The van der Waals surface area contributed by atoms with Crippen LogP contribution in [0.2, 0.25) is 0 Å². The molecule has 5 nitrogen and oxygen atoms in total. The number of hydrogen-bond donors (Lipinski definition) is 1. The highest BCUT2D eigenvalue weighted by atomic mass is 16.5. The first-order valence-electron chi connectivity index (χ1n) is 5.95. The molecule has 0 saturated heterocycles. The molecule has 19 heavy (non-hydrogen) atoms. The SMILES string of the molecule is CCOC(=O)[C@]1(C#N)[C@H](C(=O)O)[C@H]1c1ccccc1. The molecule has 3 atom stereocenters. The fourth-order valence-electron chi connectivity index (χ4n) is 2.53. The van der Waals surface area contributed by atoms with Gasteiger partial charge in [0.15, 0.2) is 5.41 Å². The smallest absolute Gasteiger partial charge is 0.328 e. The van der Waals surface area contributed by atoms with Crippen LogP contribution in [0.15, 0.2) is 30.3 Å². The van der Waals surface area contributed by atoms with Gasteiger partial charge < -0.3 is 9.84 Å². The molecule has 1 aromatic rings. The highest BCUT2D eigenvalue weighted by molar-refractivity contribution is 5.96. The largest absolute Gasteiger partial charge is 0.481 e. The van der Waals surface area contributed by atoms with Crippen LogP contribution in [-0.4, -0.2) is 23.7 Å². The van der Waals surface area contributed by atoms with E-state index in [1.54, 1.807) is 37.3 Å². The molecule has 0 bridgehead atoms. The maximum atomic E-state index is 11.9. The van der Waals surface area contributed by atoms with Crippen molar-refractivity contribution in [2.75, 3.05) is 6.61 Å². The monoisotopic (exact) mass is 259 g/mol. The van der Waals surface area contributed by atoms with E-state index < -0.39 is 29.2 Å². The fraction of sp³-hybridized carbons (Fsp3) is 0.357. The Balaban J connectivity index is 2.41. The van der Waals surface area contributed by atoms with Crippen molar-refractivity contribution in [1.82, 2.24) is 0 Å². The molecular weight excluding hydrogens is 246 g/mol. The summed E-state index contributed by atoms with van der Waals surface area (Å²) in [7, 11) is 0. The highest BCUT2D eigenvalue weighted by Gasteiger charge is 2.75. The topological polar surface area (TPSA) is 87.4 Å². The number of esters is 1. The molecule has 1 aliphatic rings. The van der Waals surface area contributed by atoms with Crippen molar-refractivity contribution in [3.63, 3.8) is 0 Å². The van der Waals surface area contributed by atoms with Crippen molar-refractivity contribution in [1.29, 1.82) is 5.26 Å². The van der Waals surface area contributed by atoms with Gasteiger partial charge in [-0.15, -0.1) is 0 Å². The van der Waals surface area contributed by atoms with Crippen LogP contribution in [0.3, 0.4) is 0 Å². The summed E-state index contributed by atoms with van der Waals surface area (Å²) in [6.07, 6.45) is 0. The molecule has 2 rings (SSSR count). The number of hydrogen-bond acceptors (Lipinski definition) is 4. The van der Waals surface area contributed by atoms with Gasteiger partial charge in [0.05, 0.1) is 18.6 Å². The first-order valence-corrected chi connectivity index (χ1v) is 5.95. The minimum Gasteiger partial charge on any atom is -0.481 e. The van der Waals surface area contributed by atoms with E-state index in [1.807, 2.05) is 6.07 Å². The number of carboxylic acid groups (broad SMARTS) is 1. The van der Waals surface area contributed by atoms with E-state index >= 15 is 0 Å². The van der Waals surface area contributed by atoms with E-state index in [2.05, 4.69) is 0 Å². The minimum atomic E-state index is -1.59. The Kier molecular flexibility index (Phi) is 3.26. The number of rotatable bonds is 4. The summed E-state index contributed by atoms with van der Waals surface area (Å²) >= 11 is 0. The molecule has 98 valence electrons. The van der Waals surface area contributed by atoms with Crippen LogP contribution in [0.4, 0.5) is 0 Å². The third-order valence-electron chi connectivity index (χ3n) is 3.43. The molecule has 1 fully saturated rings. The third-order valence-corrected chi connectivity index (χ3v) is 3.43. The van der Waals surface area contributed by atoms with Crippen molar-refractivity contribution in [3.8, 4) is 6.07 Å². The first kappa shape index (κ1) is 13.1. The van der Waals surface area contributed by atoms with Gasteiger partial charge in [-0.2, -0.15) is 5.26 Å². The average molecular weight is 259 g/mol. The maximum absolute atomic E-state index is 11.9. The van der Waals surface area contributed by atoms with Crippen molar-refractivity contribution in [2.24, 2.45) is 11.3 Å². The zero-order valence-electron chi connectivity index (χ0n) is 10.4.